The van der Waals surface area contributed by atoms with E-state index in [2.05, 4.69) is 116 Å². The van der Waals surface area contributed by atoms with Gasteiger partial charge in [-0.1, -0.05) is 56.3 Å². The fourth-order valence-corrected chi connectivity index (χ4v) is 5.11. The molecule has 0 spiro atoms. The average molecular weight is 474 g/mol. The highest BCUT2D eigenvalue weighted by atomic mass is 15.4. The molecule has 0 bridgehead atoms. The van der Waals surface area contributed by atoms with E-state index in [4.69, 9.17) is 5.10 Å². The minimum Gasteiger partial charge on any atom is -0.354 e. The van der Waals surface area contributed by atoms with Gasteiger partial charge in [-0.25, -0.2) is 4.68 Å². The number of aryl methyl sites for hydroxylation is 2. The molecule has 0 radical (unpaired) electrons. The molecular formula is C30H43N5. The van der Waals surface area contributed by atoms with Crippen molar-refractivity contribution in [3.8, 4) is 5.69 Å². The topological polar surface area (TPSA) is 27.5 Å². The lowest BCUT2D eigenvalue weighted by Gasteiger charge is -2.36. The molecule has 0 aliphatic carbocycles. The van der Waals surface area contributed by atoms with Crippen LogP contribution in [0.4, 0.5) is 5.82 Å². The summed E-state index contributed by atoms with van der Waals surface area (Å²) in [6.07, 6.45) is 0.940. The highest BCUT2D eigenvalue weighted by Crippen LogP contribution is 2.32. The fourth-order valence-electron chi connectivity index (χ4n) is 5.11. The predicted octanol–water partition coefficient (Wildman–Crippen LogP) is 5.51. The van der Waals surface area contributed by atoms with E-state index in [-0.39, 0.29) is 0 Å². The fraction of sp³-hybridized carbons (Fsp3) is 0.500. The zero-order valence-electron chi connectivity index (χ0n) is 22.5. The molecule has 2 aromatic carbocycles. The first-order chi connectivity index (χ1) is 16.9. The number of nitrogens with zero attached hydrogens (tertiary/aromatic N) is 5. The van der Waals surface area contributed by atoms with E-state index >= 15 is 0 Å². The highest BCUT2D eigenvalue weighted by molar-refractivity contribution is 5.56. The van der Waals surface area contributed by atoms with Gasteiger partial charge >= 0.3 is 0 Å². The minimum absolute atomic E-state index is 0.452. The summed E-state index contributed by atoms with van der Waals surface area (Å²) >= 11 is 0. The Morgan fingerprint density at radius 1 is 0.943 bits per heavy atom. The lowest BCUT2D eigenvalue weighted by atomic mass is 9.99. The number of likely N-dealkylation sites (N-methyl/N-ethyl adjacent to an activating group) is 1. The van der Waals surface area contributed by atoms with Crippen LogP contribution >= 0.6 is 0 Å². The summed E-state index contributed by atoms with van der Waals surface area (Å²) < 4.78 is 2.23. The molecule has 4 rings (SSSR count). The zero-order chi connectivity index (χ0) is 24.9. The number of piperazine rings is 1. The van der Waals surface area contributed by atoms with Crippen LogP contribution in [0.15, 0.2) is 54.6 Å². The summed E-state index contributed by atoms with van der Waals surface area (Å²) in [7, 11) is 2.22. The van der Waals surface area contributed by atoms with Crippen molar-refractivity contribution in [1.29, 1.82) is 0 Å². The third-order valence-corrected chi connectivity index (χ3v) is 7.39. The smallest absolute Gasteiger partial charge is 0.137 e. The second kappa shape index (κ2) is 11.4. The molecule has 1 aliphatic rings. The summed E-state index contributed by atoms with van der Waals surface area (Å²) in [6, 6.07) is 20.1. The van der Waals surface area contributed by atoms with Gasteiger partial charge in [0.2, 0.25) is 0 Å². The number of anilines is 1. The van der Waals surface area contributed by atoms with Crippen molar-refractivity contribution in [2.75, 3.05) is 44.7 Å². The molecular weight excluding hydrogens is 430 g/mol. The highest BCUT2D eigenvalue weighted by Gasteiger charge is 2.28. The van der Waals surface area contributed by atoms with E-state index in [1.807, 2.05) is 0 Å². The van der Waals surface area contributed by atoms with Crippen molar-refractivity contribution in [2.24, 2.45) is 0 Å². The Bertz CT molecular complexity index is 1080. The molecule has 5 heteroatoms. The Kier molecular flexibility index (Phi) is 8.30. The number of hydrogen-bond acceptors (Lipinski definition) is 4. The molecule has 0 saturated carbocycles. The third-order valence-electron chi connectivity index (χ3n) is 7.39. The van der Waals surface area contributed by atoms with E-state index < -0.39 is 0 Å². The van der Waals surface area contributed by atoms with Crippen LogP contribution in [-0.4, -0.2) is 65.4 Å². The first-order valence-corrected chi connectivity index (χ1v) is 13.3. The summed E-state index contributed by atoms with van der Waals surface area (Å²) in [4.78, 5) is 7.63. The van der Waals surface area contributed by atoms with Gasteiger partial charge in [0.05, 0.1) is 11.4 Å². The third kappa shape index (κ3) is 5.96. The molecule has 3 aromatic rings. The number of benzene rings is 2. The van der Waals surface area contributed by atoms with Crippen molar-refractivity contribution in [1.82, 2.24) is 19.6 Å². The van der Waals surface area contributed by atoms with Gasteiger partial charge in [0.15, 0.2) is 0 Å². The Morgan fingerprint density at radius 2 is 1.66 bits per heavy atom. The molecule has 0 amide bonds. The van der Waals surface area contributed by atoms with Gasteiger partial charge in [-0.2, -0.15) is 5.10 Å². The molecule has 1 fully saturated rings. The van der Waals surface area contributed by atoms with Crippen molar-refractivity contribution >= 4 is 5.82 Å². The quantitative estimate of drug-likeness (QED) is 0.410. The molecule has 1 atom stereocenters. The van der Waals surface area contributed by atoms with Gasteiger partial charge in [-0.05, 0) is 63.4 Å². The van der Waals surface area contributed by atoms with Gasteiger partial charge in [0.1, 0.15) is 5.82 Å². The Morgan fingerprint density at radius 3 is 2.29 bits per heavy atom. The maximum atomic E-state index is 5.22. The summed E-state index contributed by atoms with van der Waals surface area (Å²) in [5.74, 6) is 1.76. The Labute approximate surface area is 212 Å². The molecule has 5 nitrogen and oxygen atoms in total. The van der Waals surface area contributed by atoms with Crippen LogP contribution in [0.25, 0.3) is 5.69 Å². The predicted molar refractivity (Wildman–Crippen MR) is 148 cm³/mol. The molecule has 1 saturated heterocycles. The van der Waals surface area contributed by atoms with Crippen molar-refractivity contribution in [3.63, 3.8) is 0 Å². The molecule has 1 aromatic heterocycles. The number of hydrogen-bond donors (Lipinski definition) is 0. The van der Waals surface area contributed by atoms with Crippen LogP contribution in [0.5, 0.6) is 0 Å². The summed E-state index contributed by atoms with van der Waals surface area (Å²) in [5.41, 5.74) is 6.45. The molecule has 1 aliphatic heterocycles. The van der Waals surface area contributed by atoms with Crippen LogP contribution < -0.4 is 4.90 Å². The monoisotopic (exact) mass is 473 g/mol. The largest absolute Gasteiger partial charge is 0.354 e. The lowest BCUT2D eigenvalue weighted by Crippen LogP contribution is -2.45. The average Bonchev–Trinajstić information content (AvgIpc) is 3.22. The minimum atomic E-state index is 0.452. The van der Waals surface area contributed by atoms with Crippen LogP contribution in [-0.2, 0) is 13.0 Å². The van der Waals surface area contributed by atoms with E-state index in [0.29, 0.717) is 12.0 Å². The normalized spacial score (nSPS) is 15.8. The SMILES string of the molecule is CCc1nn(-c2cccc(C)c2)c(N2CCN(C)CC2)c1CN(CC(C)c1ccccc1)C(C)C. The van der Waals surface area contributed by atoms with Crippen LogP contribution in [0.2, 0.25) is 0 Å². The van der Waals surface area contributed by atoms with Gasteiger partial charge in [0.25, 0.3) is 0 Å². The standard InChI is InChI=1S/C30H43N5/c1-7-29-28(22-34(23(2)3)21-25(5)26-13-9-8-10-14-26)30(33-18-16-32(6)17-19-33)35(31-29)27-15-11-12-24(4)20-27/h8-15,20,23,25H,7,16-19,21-22H2,1-6H3. The molecule has 35 heavy (non-hydrogen) atoms. The maximum absolute atomic E-state index is 5.22. The molecule has 1 unspecified atom stereocenters. The number of aromatic nitrogens is 2. The van der Waals surface area contributed by atoms with E-state index in [9.17, 15) is 0 Å². The molecule has 2 heterocycles. The lowest BCUT2D eigenvalue weighted by molar-refractivity contribution is 0.202. The molecule has 188 valence electrons. The Balaban J connectivity index is 1.73. The zero-order valence-corrected chi connectivity index (χ0v) is 22.5. The molecule has 0 N–H and O–H groups in total. The maximum Gasteiger partial charge on any atom is 0.137 e. The Hall–Kier alpha value is -2.63. The number of rotatable bonds is 9. The van der Waals surface area contributed by atoms with Gasteiger partial charge < -0.3 is 9.80 Å². The van der Waals surface area contributed by atoms with Gasteiger partial charge in [-0.15, -0.1) is 0 Å². The van der Waals surface area contributed by atoms with Crippen molar-refractivity contribution in [3.05, 3.63) is 77.0 Å². The summed E-state index contributed by atoms with van der Waals surface area (Å²) in [5, 5.41) is 5.22. The van der Waals surface area contributed by atoms with Crippen LogP contribution in [0, 0.1) is 6.92 Å². The van der Waals surface area contributed by atoms with Crippen molar-refractivity contribution in [2.45, 2.75) is 59.5 Å². The second-order valence-corrected chi connectivity index (χ2v) is 10.5. The van der Waals surface area contributed by atoms with E-state index in [1.54, 1.807) is 0 Å². The summed E-state index contributed by atoms with van der Waals surface area (Å²) in [6.45, 7) is 17.6. The first kappa shape index (κ1) is 25.5. The van der Waals surface area contributed by atoms with Gasteiger partial charge in [0, 0.05) is 50.9 Å². The van der Waals surface area contributed by atoms with Crippen molar-refractivity contribution < 1.29 is 0 Å². The second-order valence-electron chi connectivity index (χ2n) is 10.5. The first-order valence-electron chi connectivity index (χ1n) is 13.3. The van der Waals surface area contributed by atoms with E-state index in [0.717, 1.165) is 51.4 Å². The van der Waals surface area contributed by atoms with E-state index in [1.165, 1.54) is 28.2 Å². The van der Waals surface area contributed by atoms with Gasteiger partial charge in [-0.3, -0.25) is 4.90 Å². The van der Waals surface area contributed by atoms with Crippen LogP contribution in [0.3, 0.4) is 0 Å². The van der Waals surface area contributed by atoms with Crippen LogP contribution in [0.1, 0.15) is 56.0 Å².